The average molecular weight is 335 g/mol. The number of aromatic nitrogens is 1. The van der Waals surface area contributed by atoms with Gasteiger partial charge in [0.1, 0.15) is 5.15 Å². The minimum absolute atomic E-state index is 0.0170. The number of aromatic amines is 1. The molecule has 0 saturated heterocycles. The Morgan fingerprint density at radius 1 is 1.11 bits per heavy atom. The second-order valence-electron chi connectivity index (χ2n) is 4.22. The summed E-state index contributed by atoms with van der Waals surface area (Å²) < 4.78 is 0.949. The van der Waals surface area contributed by atoms with Gasteiger partial charge >= 0.3 is 0 Å². The van der Waals surface area contributed by atoms with E-state index in [1.165, 1.54) is 0 Å². The topological polar surface area (TPSA) is 32.9 Å². The van der Waals surface area contributed by atoms with Gasteiger partial charge in [0.2, 0.25) is 0 Å². The summed E-state index contributed by atoms with van der Waals surface area (Å²) in [6.45, 7) is 0. The zero-order chi connectivity index (χ0) is 13.4. The fourth-order valence-corrected chi connectivity index (χ4v) is 2.54. The van der Waals surface area contributed by atoms with Crippen LogP contribution in [0, 0.1) is 0 Å². The molecule has 2 aromatic carbocycles. The number of fused-ring (bicyclic) bond motifs is 1. The Hall–Kier alpha value is -1.58. The molecule has 4 heteroatoms. The van der Waals surface area contributed by atoms with Crippen molar-refractivity contribution in [1.82, 2.24) is 4.98 Å². The van der Waals surface area contributed by atoms with E-state index in [2.05, 4.69) is 20.9 Å². The van der Waals surface area contributed by atoms with Gasteiger partial charge in [0.25, 0.3) is 0 Å². The zero-order valence-electron chi connectivity index (χ0n) is 9.78. The summed E-state index contributed by atoms with van der Waals surface area (Å²) >= 11 is 9.31. The lowest BCUT2D eigenvalue weighted by Crippen LogP contribution is -2.01. The minimum Gasteiger partial charge on any atom is -0.345 e. The average Bonchev–Trinajstić information content (AvgIpc) is 2.78. The van der Waals surface area contributed by atoms with E-state index in [0.717, 1.165) is 15.4 Å². The number of nitrogens with one attached hydrogen (secondary N) is 1. The molecule has 0 aliphatic carbocycles. The largest absolute Gasteiger partial charge is 0.345 e. The fraction of sp³-hybridized carbons (Fsp3) is 0. The predicted molar refractivity (Wildman–Crippen MR) is 80.9 cm³/mol. The highest BCUT2D eigenvalue weighted by molar-refractivity contribution is 9.10. The van der Waals surface area contributed by atoms with Crippen molar-refractivity contribution in [2.24, 2.45) is 0 Å². The second-order valence-corrected chi connectivity index (χ2v) is 5.55. The van der Waals surface area contributed by atoms with Gasteiger partial charge in [0.05, 0.1) is 5.52 Å². The molecule has 0 aliphatic heterocycles. The number of ketones is 1. The molecule has 0 spiro atoms. The Bertz CT molecular complexity index is 761. The van der Waals surface area contributed by atoms with Crippen LogP contribution in [0.15, 0.2) is 53.0 Å². The van der Waals surface area contributed by atoms with E-state index in [1.807, 2.05) is 30.3 Å². The summed E-state index contributed by atoms with van der Waals surface area (Å²) in [6.07, 6.45) is 0. The molecule has 19 heavy (non-hydrogen) atoms. The van der Waals surface area contributed by atoms with E-state index < -0.39 is 0 Å². The molecule has 2 nitrogen and oxygen atoms in total. The maximum Gasteiger partial charge on any atom is 0.195 e. The molecule has 1 N–H and O–H groups in total. The van der Waals surface area contributed by atoms with Crippen LogP contribution in [0.5, 0.6) is 0 Å². The monoisotopic (exact) mass is 333 g/mol. The molecule has 0 amide bonds. The van der Waals surface area contributed by atoms with E-state index in [0.29, 0.717) is 16.3 Å². The van der Waals surface area contributed by atoms with Crippen LogP contribution in [-0.4, -0.2) is 10.8 Å². The smallest absolute Gasteiger partial charge is 0.195 e. The maximum atomic E-state index is 12.5. The van der Waals surface area contributed by atoms with E-state index >= 15 is 0 Å². The van der Waals surface area contributed by atoms with Crippen molar-refractivity contribution in [2.45, 2.75) is 0 Å². The Morgan fingerprint density at radius 2 is 1.84 bits per heavy atom. The van der Waals surface area contributed by atoms with Crippen molar-refractivity contribution in [3.63, 3.8) is 0 Å². The predicted octanol–water partition coefficient (Wildman–Crippen LogP) is 4.81. The first-order valence-electron chi connectivity index (χ1n) is 5.72. The summed E-state index contributed by atoms with van der Waals surface area (Å²) in [5.41, 5.74) is 2.06. The van der Waals surface area contributed by atoms with Crippen LogP contribution in [0.25, 0.3) is 10.9 Å². The Kier molecular flexibility index (Phi) is 3.17. The van der Waals surface area contributed by atoms with Crippen LogP contribution in [0.2, 0.25) is 5.15 Å². The standard InChI is InChI=1S/C15H9BrClNO/c16-11-6-4-9(5-7-11)15(19)12-3-1-2-10-8-13(17)18-14(10)12/h1-8,18H. The van der Waals surface area contributed by atoms with Gasteiger partial charge in [-0.1, -0.05) is 39.7 Å². The number of halogens is 2. The summed E-state index contributed by atoms with van der Waals surface area (Å²) in [4.78, 5) is 15.5. The Morgan fingerprint density at radius 3 is 2.58 bits per heavy atom. The van der Waals surface area contributed by atoms with Gasteiger partial charge in [-0.05, 0) is 36.4 Å². The summed E-state index contributed by atoms with van der Waals surface area (Å²) in [5, 5.41) is 1.47. The number of para-hydroxylation sites is 1. The van der Waals surface area contributed by atoms with E-state index in [-0.39, 0.29) is 5.78 Å². The summed E-state index contributed by atoms with van der Waals surface area (Å²) in [6, 6.07) is 14.7. The van der Waals surface area contributed by atoms with Crippen molar-refractivity contribution in [1.29, 1.82) is 0 Å². The lowest BCUT2D eigenvalue weighted by atomic mass is 10.0. The van der Waals surface area contributed by atoms with Crippen LogP contribution in [0.4, 0.5) is 0 Å². The van der Waals surface area contributed by atoms with Gasteiger partial charge in [0.15, 0.2) is 5.78 Å². The van der Waals surface area contributed by atoms with Crippen molar-refractivity contribution < 1.29 is 4.79 Å². The summed E-state index contributed by atoms with van der Waals surface area (Å²) in [7, 11) is 0. The first-order chi connectivity index (χ1) is 9.15. The van der Waals surface area contributed by atoms with Gasteiger partial charge in [0, 0.05) is 21.0 Å². The highest BCUT2D eigenvalue weighted by Gasteiger charge is 2.13. The van der Waals surface area contributed by atoms with Crippen LogP contribution in [-0.2, 0) is 0 Å². The number of benzene rings is 2. The quantitative estimate of drug-likeness (QED) is 0.670. The SMILES string of the molecule is O=C(c1ccc(Br)cc1)c1cccc2cc(Cl)[nH]c12. The molecular formula is C15H9BrClNO. The fourth-order valence-electron chi connectivity index (χ4n) is 2.07. The van der Waals surface area contributed by atoms with Crippen molar-refractivity contribution in [3.8, 4) is 0 Å². The number of H-pyrrole nitrogens is 1. The van der Waals surface area contributed by atoms with Crippen molar-refractivity contribution in [2.75, 3.05) is 0 Å². The van der Waals surface area contributed by atoms with Gasteiger partial charge in [-0.2, -0.15) is 0 Å². The third-order valence-electron chi connectivity index (χ3n) is 2.97. The molecule has 1 heterocycles. The molecule has 0 saturated carbocycles. The van der Waals surface area contributed by atoms with Crippen LogP contribution in [0.3, 0.4) is 0 Å². The van der Waals surface area contributed by atoms with Gasteiger partial charge in [-0.15, -0.1) is 0 Å². The van der Waals surface area contributed by atoms with Crippen molar-refractivity contribution in [3.05, 3.63) is 69.3 Å². The third kappa shape index (κ3) is 2.31. The lowest BCUT2D eigenvalue weighted by Gasteiger charge is -2.03. The van der Waals surface area contributed by atoms with Crippen molar-refractivity contribution >= 4 is 44.2 Å². The molecule has 0 aliphatic rings. The molecule has 0 radical (unpaired) electrons. The van der Waals surface area contributed by atoms with Crippen LogP contribution >= 0.6 is 27.5 Å². The number of hydrogen-bond acceptors (Lipinski definition) is 1. The zero-order valence-corrected chi connectivity index (χ0v) is 12.1. The highest BCUT2D eigenvalue weighted by atomic mass is 79.9. The molecule has 0 unspecified atom stereocenters. The highest BCUT2D eigenvalue weighted by Crippen LogP contribution is 2.24. The first-order valence-corrected chi connectivity index (χ1v) is 6.90. The molecule has 1 aromatic heterocycles. The van der Waals surface area contributed by atoms with Gasteiger partial charge in [-0.25, -0.2) is 0 Å². The minimum atomic E-state index is -0.0170. The molecule has 0 fully saturated rings. The lowest BCUT2D eigenvalue weighted by molar-refractivity contribution is 0.104. The Labute approximate surface area is 123 Å². The third-order valence-corrected chi connectivity index (χ3v) is 3.71. The second kappa shape index (κ2) is 4.83. The number of carbonyl (C=O) groups is 1. The van der Waals surface area contributed by atoms with E-state index in [9.17, 15) is 4.79 Å². The molecule has 3 aromatic rings. The molecule has 3 rings (SSSR count). The first kappa shape index (κ1) is 12.5. The number of carbonyl (C=O) groups excluding carboxylic acids is 1. The van der Waals surface area contributed by atoms with Crippen LogP contribution in [0.1, 0.15) is 15.9 Å². The molecule has 0 atom stereocenters. The Balaban J connectivity index is 2.13. The van der Waals surface area contributed by atoms with E-state index in [4.69, 9.17) is 11.6 Å². The molecule has 0 bridgehead atoms. The van der Waals surface area contributed by atoms with E-state index in [1.54, 1.807) is 18.2 Å². The van der Waals surface area contributed by atoms with Crippen LogP contribution < -0.4 is 0 Å². The normalized spacial score (nSPS) is 10.8. The number of rotatable bonds is 2. The maximum absolute atomic E-state index is 12.5. The molecule has 94 valence electrons. The molecular weight excluding hydrogens is 326 g/mol. The number of hydrogen-bond donors (Lipinski definition) is 1. The summed E-state index contributed by atoms with van der Waals surface area (Å²) in [5.74, 6) is -0.0170. The van der Waals surface area contributed by atoms with Gasteiger partial charge in [-0.3, -0.25) is 4.79 Å². The van der Waals surface area contributed by atoms with Gasteiger partial charge < -0.3 is 4.98 Å².